The summed E-state index contributed by atoms with van der Waals surface area (Å²) in [7, 11) is 4.04. The number of hydrogen-bond acceptors (Lipinski definition) is 3. The molecule has 0 radical (unpaired) electrons. The molecule has 0 amide bonds. The van der Waals surface area contributed by atoms with Crippen LogP contribution in [-0.4, -0.2) is 28.6 Å². The van der Waals surface area contributed by atoms with E-state index in [-0.39, 0.29) is 0 Å². The van der Waals surface area contributed by atoms with Gasteiger partial charge in [0.25, 0.3) is 0 Å². The van der Waals surface area contributed by atoms with Crippen LogP contribution in [0.15, 0.2) is 47.5 Å². The molecular weight excluding hydrogens is 254 g/mol. The average Bonchev–Trinajstić information content (AvgIpc) is 2.86. The minimum Gasteiger partial charge on any atom is -0.316 e. The Morgan fingerprint density at radius 3 is 2.68 bits per heavy atom. The number of nitrogens with one attached hydrogen (secondary N) is 1. The second-order valence-electron chi connectivity index (χ2n) is 4.59. The second-order valence-corrected chi connectivity index (χ2v) is 5.69. The SMILES string of the molecule is CNC(CCc1ccnn1C)CSc1ccccc1. The lowest BCUT2D eigenvalue weighted by molar-refractivity contribution is 0.556. The number of nitrogens with zero attached hydrogens (tertiary/aromatic N) is 2. The van der Waals surface area contributed by atoms with Gasteiger partial charge in [0.1, 0.15) is 0 Å². The van der Waals surface area contributed by atoms with Gasteiger partial charge in [-0.3, -0.25) is 4.68 Å². The summed E-state index contributed by atoms with van der Waals surface area (Å²) in [5, 5.41) is 7.61. The number of rotatable bonds is 7. The van der Waals surface area contributed by atoms with Crippen LogP contribution in [0.5, 0.6) is 0 Å². The third kappa shape index (κ3) is 4.40. The summed E-state index contributed by atoms with van der Waals surface area (Å²) in [6.07, 6.45) is 4.07. The minimum atomic E-state index is 0.528. The Kier molecular flexibility index (Phi) is 5.48. The smallest absolute Gasteiger partial charge is 0.0492 e. The number of aryl methyl sites for hydroxylation is 2. The Balaban J connectivity index is 1.79. The highest BCUT2D eigenvalue weighted by Crippen LogP contribution is 2.19. The van der Waals surface area contributed by atoms with E-state index in [9.17, 15) is 0 Å². The van der Waals surface area contributed by atoms with Crippen LogP contribution >= 0.6 is 11.8 Å². The molecule has 0 saturated carbocycles. The molecule has 0 aliphatic carbocycles. The van der Waals surface area contributed by atoms with Gasteiger partial charge in [-0.05, 0) is 38.1 Å². The molecule has 0 spiro atoms. The average molecular weight is 275 g/mol. The highest BCUT2D eigenvalue weighted by atomic mass is 32.2. The van der Waals surface area contributed by atoms with Gasteiger partial charge in [0, 0.05) is 35.6 Å². The van der Waals surface area contributed by atoms with Crippen LogP contribution in [-0.2, 0) is 13.5 Å². The van der Waals surface area contributed by atoms with Crippen LogP contribution in [0.4, 0.5) is 0 Å². The summed E-state index contributed by atoms with van der Waals surface area (Å²) < 4.78 is 1.96. The topological polar surface area (TPSA) is 29.9 Å². The van der Waals surface area contributed by atoms with E-state index in [1.165, 1.54) is 10.6 Å². The van der Waals surface area contributed by atoms with Crippen LogP contribution in [0, 0.1) is 0 Å². The van der Waals surface area contributed by atoms with Crippen molar-refractivity contribution in [2.45, 2.75) is 23.8 Å². The van der Waals surface area contributed by atoms with Crippen LogP contribution in [0.25, 0.3) is 0 Å². The van der Waals surface area contributed by atoms with Crippen molar-refractivity contribution >= 4 is 11.8 Å². The van der Waals surface area contributed by atoms with Crippen LogP contribution in [0.3, 0.4) is 0 Å². The fourth-order valence-electron chi connectivity index (χ4n) is 1.99. The van der Waals surface area contributed by atoms with Gasteiger partial charge in [-0.15, -0.1) is 11.8 Å². The van der Waals surface area contributed by atoms with Crippen molar-refractivity contribution in [1.82, 2.24) is 15.1 Å². The van der Waals surface area contributed by atoms with E-state index in [0.29, 0.717) is 6.04 Å². The molecular formula is C15H21N3S. The van der Waals surface area contributed by atoms with Crippen molar-refractivity contribution in [3.63, 3.8) is 0 Å². The maximum Gasteiger partial charge on any atom is 0.0492 e. The van der Waals surface area contributed by atoms with Gasteiger partial charge >= 0.3 is 0 Å². The molecule has 0 aliphatic heterocycles. The number of thioether (sulfide) groups is 1. The van der Waals surface area contributed by atoms with Gasteiger partial charge in [-0.25, -0.2) is 0 Å². The molecule has 4 heteroatoms. The van der Waals surface area contributed by atoms with Gasteiger partial charge in [-0.1, -0.05) is 18.2 Å². The number of benzene rings is 1. The van der Waals surface area contributed by atoms with E-state index in [2.05, 4.69) is 46.8 Å². The lowest BCUT2D eigenvalue weighted by Crippen LogP contribution is -2.28. The van der Waals surface area contributed by atoms with Crippen molar-refractivity contribution in [3.8, 4) is 0 Å². The molecule has 3 nitrogen and oxygen atoms in total. The first-order valence-corrected chi connectivity index (χ1v) is 7.60. The van der Waals surface area contributed by atoms with Crippen LogP contribution in [0.2, 0.25) is 0 Å². The minimum absolute atomic E-state index is 0.528. The molecule has 1 heterocycles. The first-order valence-electron chi connectivity index (χ1n) is 6.61. The molecule has 102 valence electrons. The first kappa shape index (κ1) is 14.2. The van der Waals surface area contributed by atoms with E-state index in [4.69, 9.17) is 0 Å². The summed E-state index contributed by atoms with van der Waals surface area (Å²) in [5.74, 6) is 1.10. The Morgan fingerprint density at radius 1 is 1.26 bits per heavy atom. The normalized spacial score (nSPS) is 12.5. The zero-order chi connectivity index (χ0) is 13.5. The maximum absolute atomic E-state index is 4.21. The number of aromatic nitrogens is 2. The molecule has 0 saturated heterocycles. The van der Waals surface area contributed by atoms with Crippen molar-refractivity contribution < 1.29 is 0 Å². The second kappa shape index (κ2) is 7.36. The predicted molar refractivity (Wildman–Crippen MR) is 81.5 cm³/mol. The summed E-state index contributed by atoms with van der Waals surface area (Å²) in [5.41, 5.74) is 1.30. The maximum atomic E-state index is 4.21. The van der Waals surface area contributed by atoms with Crippen LogP contribution in [0.1, 0.15) is 12.1 Å². The van der Waals surface area contributed by atoms with Crippen LogP contribution < -0.4 is 5.32 Å². The number of hydrogen-bond donors (Lipinski definition) is 1. The van der Waals surface area contributed by atoms with E-state index in [0.717, 1.165) is 18.6 Å². The third-order valence-corrected chi connectivity index (χ3v) is 4.45. The molecule has 1 N–H and O–H groups in total. The lowest BCUT2D eigenvalue weighted by atomic mass is 10.1. The highest BCUT2D eigenvalue weighted by molar-refractivity contribution is 7.99. The standard InChI is InChI=1S/C15H21N3S/c1-16-13(8-9-14-10-11-17-18(14)2)12-19-15-6-4-3-5-7-15/h3-7,10-11,13,16H,8-9,12H2,1-2H3. The van der Waals surface area contributed by atoms with E-state index >= 15 is 0 Å². The van der Waals surface area contributed by atoms with Crippen molar-refractivity contribution in [1.29, 1.82) is 0 Å². The largest absolute Gasteiger partial charge is 0.316 e. The quantitative estimate of drug-likeness (QED) is 0.788. The van der Waals surface area contributed by atoms with Gasteiger partial charge in [0.05, 0.1) is 0 Å². The Morgan fingerprint density at radius 2 is 2.05 bits per heavy atom. The molecule has 2 rings (SSSR count). The fourth-order valence-corrected chi connectivity index (χ4v) is 3.07. The van der Waals surface area contributed by atoms with E-state index < -0.39 is 0 Å². The molecule has 0 fully saturated rings. The third-order valence-electron chi connectivity index (χ3n) is 3.27. The fraction of sp³-hybridized carbons (Fsp3) is 0.400. The summed E-state index contributed by atoms with van der Waals surface area (Å²) in [4.78, 5) is 1.34. The van der Waals surface area contributed by atoms with Gasteiger partial charge in [-0.2, -0.15) is 5.10 Å². The van der Waals surface area contributed by atoms with Gasteiger partial charge < -0.3 is 5.32 Å². The molecule has 2 aromatic rings. The van der Waals surface area contributed by atoms with Crippen molar-refractivity contribution in [2.24, 2.45) is 7.05 Å². The molecule has 1 aromatic carbocycles. The van der Waals surface area contributed by atoms with Gasteiger partial charge in [0.2, 0.25) is 0 Å². The van der Waals surface area contributed by atoms with Crippen molar-refractivity contribution in [2.75, 3.05) is 12.8 Å². The summed E-state index contributed by atoms with van der Waals surface area (Å²) in [6, 6.07) is 13.2. The Bertz CT molecular complexity index is 481. The first-order chi connectivity index (χ1) is 9.29. The highest BCUT2D eigenvalue weighted by Gasteiger charge is 2.08. The zero-order valence-corrected chi connectivity index (χ0v) is 12.4. The van der Waals surface area contributed by atoms with Gasteiger partial charge in [0.15, 0.2) is 0 Å². The Labute approximate surface area is 119 Å². The monoisotopic (exact) mass is 275 g/mol. The summed E-state index contributed by atoms with van der Waals surface area (Å²) >= 11 is 1.91. The summed E-state index contributed by atoms with van der Waals surface area (Å²) in [6.45, 7) is 0. The Hall–Kier alpha value is -1.26. The van der Waals surface area contributed by atoms with E-state index in [1.54, 1.807) is 0 Å². The predicted octanol–water partition coefficient (Wildman–Crippen LogP) is 2.73. The molecule has 0 bridgehead atoms. The zero-order valence-electron chi connectivity index (χ0n) is 11.5. The molecule has 0 aliphatic rings. The van der Waals surface area contributed by atoms with E-state index in [1.807, 2.05) is 36.7 Å². The molecule has 1 aromatic heterocycles. The molecule has 19 heavy (non-hydrogen) atoms. The van der Waals surface area contributed by atoms with Crippen molar-refractivity contribution in [3.05, 3.63) is 48.3 Å². The molecule has 1 atom stereocenters. The lowest BCUT2D eigenvalue weighted by Gasteiger charge is -2.15. The molecule has 1 unspecified atom stereocenters.